The molecule has 0 heterocycles. The number of hydrogen-bond acceptors (Lipinski definition) is 0. The van der Waals surface area contributed by atoms with E-state index in [0.717, 1.165) is 60.8 Å². The van der Waals surface area contributed by atoms with Crippen molar-refractivity contribution in [3.05, 3.63) is 59.7 Å². The molecule has 0 radical (unpaired) electrons. The lowest BCUT2D eigenvalue weighted by atomic mass is 9.74. The van der Waals surface area contributed by atoms with E-state index in [1.54, 1.807) is 6.07 Å². The lowest BCUT2D eigenvalue weighted by Crippen LogP contribution is -2.17. The van der Waals surface area contributed by atoms with Crippen molar-refractivity contribution in [2.24, 2.45) is 17.8 Å². The van der Waals surface area contributed by atoms with Gasteiger partial charge in [-0.05, 0) is 110 Å². The molecule has 2 saturated carbocycles. The van der Waals surface area contributed by atoms with Crippen molar-refractivity contribution >= 4 is 10.8 Å². The maximum Gasteiger partial charge on any atom is 0.166 e. The Balaban J connectivity index is 1.35. The van der Waals surface area contributed by atoms with E-state index in [1.807, 2.05) is 25.1 Å². The number of allylic oxidation sites excluding steroid dienone is 1. The molecule has 0 aromatic heterocycles. The van der Waals surface area contributed by atoms with Crippen LogP contribution in [0.3, 0.4) is 0 Å². The summed E-state index contributed by atoms with van der Waals surface area (Å²) in [5, 5.41) is 1.26. The summed E-state index contributed by atoms with van der Waals surface area (Å²) in [5.41, 5.74) is 1.65. The maximum atomic E-state index is 14.9. The van der Waals surface area contributed by atoms with E-state index in [9.17, 15) is 8.78 Å². The third-order valence-electron chi connectivity index (χ3n) is 8.01. The van der Waals surface area contributed by atoms with Crippen LogP contribution in [0.25, 0.3) is 10.8 Å². The lowest BCUT2D eigenvalue weighted by molar-refractivity contribution is 0.245. The molecule has 0 aliphatic heterocycles. The van der Waals surface area contributed by atoms with E-state index >= 15 is 0 Å². The molecule has 0 unspecified atom stereocenters. The quantitative estimate of drug-likeness (QED) is 0.418. The van der Waals surface area contributed by atoms with Gasteiger partial charge in [0.1, 0.15) is 0 Å². The largest absolute Gasteiger partial charge is 0.203 e. The monoisotopic (exact) mass is 410 g/mol. The van der Waals surface area contributed by atoms with Crippen molar-refractivity contribution in [1.82, 2.24) is 0 Å². The van der Waals surface area contributed by atoms with Gasteiger partial charge >= 0.3 is 0 Å². The molecule has 0 amide bonds. The van der Waals surface area contributed by atoms with Crippen molar-refractivity contribution in [1.29, 1.82) is 0 Å². The molecule has 0 bridgehead atoms. The fraction of sp³-hybridized carbons (Fsp3) is 0.571. The van der Waals surface area contributed by atoms with Crippen molar-refractivity contribution in [2.45, 2.75) is 83.5 Å². The molecule has 0 saturated heterocycles. The fourth-order valence-corrected chi connectivity index (χ4v) is 5.86. The smallest absolute Gasteiger partial charge is 0.166 e. The summed E-state index contributed by atoms with van der Waals surface area (Å²) in [6, 6.07) is 7.70. The molecule has 2 aromatic carbocycles. The molecule has 2 aliphatic carbocycles. The van der Waals surface area contributed by atoms with Gasteiger partial charge in [-0.25, -0.2) is 8.78 Å². The van der Waals surface area contributed by atoms with Crippen LogP contribution in [0.4, 0.5) is 8.78 Å². The second kappa shape index (κ2) is 9.62. The highest BCUT2D eigenvalue weighted by molar-refractivity contribution is 5.85. The van der Waals surface area contributed by atoms with Crippen LogP contribution < -0.4 is 0 Å². The Morgan fingerprint density at radius 3 is 2.10 bits per heavy atom. The molecule has 162 valence electrons. The zero-order chi connectivity index (χ0) is 21.1. The van der Waals surface area contributed by atoms with Crippen molar-refractivity contribution in [3.63, 3.8) is 0 Å². The van der Waals surface area contributed by atoms with Gasteiger partial charge in [0.2, 0.25) is 0 Å². The lowest BCUT2D eigenvalue weighted by Gasteiger charge is -2.32. The van der Waals surface area contributed by atoms with Crippen LogP contribution >= 0.6 is 0 Å². The van der Waals surface area contributed by atoms with Crippen molar-refractivity contribution in [2.75, 3.05) is 0 Å². The molecule has 0 nitrogen and oxygen atoms in total. The first-order valence-corrected chi connectivity index (χ1v) is 12.1. The van der Waals surface area contributed by atoms with Crippen LogP contribution in [0.15, 0.2) is 36.9 Å². The predicted octanol–water partition coefficient (Wildman–Crippen LogP) is 8.73. The summed E-state index contributed by atoms with van der Waals surface area (Å²) in [6.45, 7) is 5.98. The summed E-state index contributed by atoms with van der Waals surface area (Å²) in [7, 11) is 0. The average molecular weight is 411 g/mol. The van der Waals surface area contributed by atoms with Crippen molar-refractivity contribution < 1.29 is 8.78 Å². The third kappa shape index (κ3) is 4.63. The van der Waals surface area contributed by atoms with Crippen LogP contribution in [-0.2, 0) is 6.42 Å². The summed E-state index contributed by atoms with van der Waals surface area (Å²) in [6.07, 6.45) is 15.2. The Kier molecular flexibility index (Phi) is 6.91. The number of hydrogen-bond donors (Lipinski definition) is 0. The van der Waals surface area contributed by atoms with E-state index in [1.165, 1.54) is 38.5 Å². The highest BCUT2D eigenvalue weighted by Crippen LogP contribution is 2.41. The van der Waals surface area contributed by atoms with Gasteiger partial charge in [-0.3, -0.25) is 0 Å². The van der Waals surface area contributed by atoms with Gasteiger partial charge in [-0.15, -0.1) is 6.58 Å². The Morgan fingerprint density at radius 2 is 1.50 bits per heavy atom. The topological polar surface area (TPSA) is 0 Å². The normalized spacial score (nSPS) is 27.3. The number of fused-ring (bicyclic) bond motifs is 1. The zero-order valence-electron chi connectivity index (χ0n) is 18.4. The van der Waals surface area contributed by atoms with E-state index in [4.69, 9.17) is 0 Å². The van der Waals surface area contributed by atoms with Crippen LogP contribution in [0, 0.1) is 29.4 Å². The highest BCUT2D eigenvalue weighted by Gasteiger charge is 2.27. The van der Waals surface area contributed by atoms with Crippen LogP contribution in [0.1, 0.15) is 88.2 Å². The van der Waals surface area contributed by atoms with Gasteiger partial charge in [-0.1, -0.05) is 38.0 Å². The molecular formula is C28H36F2. The minimum atomic E-state index is -0.657. The van der Waals surface area contributed by atoms with Crippen molar-refractivity contribution in [3.8, 4) is 0 Å². The second-order valence-corrected chi connectivity index (χ2v) is 9.81. The van der Waals surface area contributed by atoms with E-state index in [0.29, 0.717) is 10.9 Å². The number of aryl methyl sites for hydroxylation is 1. The van der Waals surface area contributed by atoms with Crippen LogP contribution in [0.2, 0.25) is 0 Å². The minimum Gasteiger partial charge on any atom is -0.203 e. The molecule has 30 heavy (non-hydrogen) atoms. The Hall–Kier alpha value is -1.70. The summed E-state index contributed by atoms with van der Waals surface area (Å²) in [5.74, 6) is 1.28. The van der Waals surface area contributed by atoms with E-state index in [2.05, 4.69) is 12.7 Å². The van der Waals surface area contributed by atoms with Crippen LogP contribution in [0.5, 0.6) is 0 Å². The molecule has 0 atom stereocenters. The van der Waals surface area contributed by atoms with Gasteiger partial charge in [-0.2, -0.15) is 0 Å². The Bertz CT molecular complexity index is 868. The summed E-state index contributed by atoms with van der Waals surface area (Å²) in [4.78, 5) is 0. The molecule has 4 rings (SSSR count). The Labute approximate surface area is 180 Å². The number of rotatable bonds is 6. The first-order chi connectivity index (χ1) is 14.6. The molecule has 2 aliphatic rings. The predicted molar refractivity (Wildman–Crippen MR) is 123 cm³/mol. The van der Waals surface area contributed by atoms with E-state index < -0.39 is 11.6 Å². The van der Waals surface area contributed by atoms with E-state index in [-0.39, 0.29) is 5.92 Å². The SMILES string of the molecule is C=CC1CCC(CCC2CCC(c3cc4ccc(CC)cc4c(F)c3F)CC2)CC1. The molecular weight excluding hydrogens is 374 g/mol. The second-order valence-electron chi connectivity index (χ2n) is 9.81. The highest BCUT2D eigenvalue weighted by atomic mass is 19.2. The first-order valence-electron chi connectivity index (χ1n) is 12.1. The number of benzene rings is 2. The van der Waals surface area contributed by atoms with Gasteiger partial charge < -0.3 is 0 Å². The maximum absolute atomic E-state index is 14.9. The third-order valence-corrected chi connectivity index (χ3v) is 8.01. The first kappa shape index (κ1) is 21.5. The standard InChI is InChI=1S/C28H36F2/c1-3-19-5-7-21(8-6-19)9-10-22-12-14-23(15-13-22)26-18-24-16-11-20(4-2)17-25(24)27(29)28(26)30/h3,11,16-19,21-23H,1,4-10,12-15H2,2H3. The van der Waals surface area contributed by atoms with Gasteiger partial charge in [0, 0.05) is 5.39 Å². The van der Waals surface area contributed by atoms with Gasteiger partial charge in [0.05, 0.1) is 0 Å². The molecule has 2 aromatic rings. The average Bonchev–Trinajstić information content (AvgIpc) is 2.80. The zero-order valence-corrected chi connectivity index (χ0v) is 18.4. The van der Waals surface area contributed by atoms with Crippen LogP contribution in [-0.4, -0.2) is 0 Å². The molecule has 0 N–H and O–H groups in total. The number of halogens is 2. The molecule has 2 heteroatoms. The molecule has 0 spiro atoms. The Morgan fingerprint density at radius 1 is 0.867 bits per heavy atom. The summed E-state index contributed by atoms with van der Waals surface area (Å²) >= 11 is 0. The molecule has 2 fully saturated rings. The van der Waals surface area contributed by atoms with Gasteiger partial charge in [0.15, 0.2) is 11.6 Å². The summed E-state index contributed by atoms with van der Waals surface area (Å²) < 4.78 is 29.7. The van der Waals surface area contributed by atoms with Gasteiger partial charge in [0.25, 0.3) is 0 Å². The minimum absolute atomic E-state index is 0.161. The fourth-order valence-electron chi connectivity index (χ4n) is 5.86.